The molecule has 0 spiro atoms. The van der Waals surface area contributed by atoms with Crippen molar-refractivity contribution in [1.82, 2.24) is 15.3 Å². The minimum Gasteiger partial charge on any atom is -0.497 e. The molecular formula is C29H32Cl3N3O7. The predicted octanol–water partition coefficient (Wildman–Crippen LogP) is 4.38. The Hall–Kier alpha value is -3.31. The molecule has 1 heterocycles. The summed E-state index contributed by atoms with van der Waals surface area (Å²) in [6, 6.07) is 9.32. The van der Waals surface area contributed by atoms with Gasteiger partial charge in [0.2, 0.25) is 6.41 Å². The summed E-state index contributed by atoms with van der Waals surface area (Å²) in [5.41, 5.74) is -0.736. The van der Waals surface area contributed by atoms with Gasteiger partial charge in [0.05, 0.1) is 12.7 Å². The molecule has 1 aliphatic heterocycles. The third-order valence-electron chi connectivity index (χ3n) is 6.13. The van der Waals surface area contributed by atoms with Crippen LogP contribution in [-0.2, 0) is 35.4 Å². The molecule has 4 unspecified atom stereocenters. The Morgan fingerprint density at radius 2 is 1.76 bits per heavy atom. The number of halogens is 3. The van der Waals surface area contributed by atoms with Gasteiger partial charge in [-0.1, -0.05) is 54.0 Å². The zero-order valence-electron chi connectivity index (χ0n) is 23.5. The van der Waals surface area contributed by atoms with Crippen LogP contribution in [-0.4, -0.2) is 70.3 Å². The first-order chi connectivity index (χ1) is 19.8. The Morgan fingerprint density at radius 1 is 1.14 bits per heavy atom. The minimum atomic E-state index is -1.29. The number of carbonyl (C=O) groups excluding carboxylic acids is 4. The monoisotopic (exact) mass is 639 g/mol. The quantitative estimate of drug-likeness (QED) is 0.0658. The number of carbonyl (C=O) groups is 4. The van der Waals surface area contributed by atoms with Gasteiger partial charge >= 0.3 is 5.97 Å². The van der Waals surface area contributed by atoms with Crippen LogP contribution in [0.25, 0.3) is 0 Å². The fourth-order valence-corrected chi connectivity index (χ4v) is 4.78. The number of β-lactam (4-membered cyclic amide) rings is 1. The first kappa shape index (κ1) is 33.2. The van der Waals surface area contributed by atoms with E-state index in [2.05, 4.69) is 11.9 Å². The fourth-order valence-electron chi connectivity index (χ4n) is 4.13. The molecule has 1 fully saturated rings. The van der Waals surface area contributed by atoms with Crippen LogP contribution in [0.15, 0.2) is 60.7 Å². The zero-order valence-corrected chi connectivity index (χ0v) is 25.8. The van der Waals surface area contributed by atoms with Crippen LogP contribution in [0.4, 0.5) is 0 Å². The zero-order chi connectivity index (χ0) is 31.2. The van der Waals surface area contributed by atoms with E-state index >= 15 is 0 Å². The van der Waals surface area contributed by atoms with E-state index in [0.29, 0.717) is 28.3 Å². The molecule has 13 heteroatoms. The molecule has 0 aliphatic carbocycles. The number of ether oxygens (including phenoxy) is 2. The molecule has 42 heavy (non-hydrogen) atoms. The molecule has 0 bridgehead atoms. The highest BCUT2D eigenvalue weighted by molar-refractivity contribution is 6.30. The SMILES string of the molecule is C=C(CCl)C(C(=O)OCc1ccc(OC)cc1)N1C(=O)C(NC(=O)C(c2ccc(Cl)cc2)N(C=O)OC(C)(C)C)C1Cl. The van der Waals surface area contributed by atoms with Crippen molar-refractivity contribution in [3.8, 4) is 5.75 Å². The van der Waals surface area contributed by atoms with E-state index in [1.807, 2.05) is 0 Å². The Bertz CT molecular complexity index is 1300. The smallest absolute Gasteiger partial charge is 0.333 e. The topological polar surface area (TPSA) is 114 Å². The molecular weight excluding hydrogens is 609 g/mol. The van der Waals surface area contributed by atoms with Gasteiger partial charge in [-0.3, -0.25) is 19.2 Å². The average molecular weight is 641 g/mol. The molecule has 1 aliphatic rings. The van der Waals surface area contributed by atoms with Gasteiger partial charge in [0.1, 0.15) is 23.9 Å². The average Bonchev–Trinajstić information content (AvgIpc) is 2.96. The summed E-state index contributed by atoms with van der Waals surface area (Å²) < 4.78 is 10.6. The number of methoxy groups -OCH3 is 1. The number of rotatable bonds is 13. The molecule has 4 atom stereocenters. The molecule has 2 aromatic rings. The van der Waals surface area contributed by atoms with E-state index < -0.39 is 47.0 Å². The van der Waals surface area contributed by atoms with Crippen molar-refractivity contribution in [2.24, 2.45) is 0 Å². The van der Waals surface area contributed by atoms with Crippen LogP contribution in [0.5, 0.6) is 5.75 Å². The number of likely N-dealkylation sites (tertiary alicyclic amines) is 1. The van der Waals surface area contributed by atoms with Crippen molar-refractivity contribution >= 4 is 59.0 Å². The van der Waals surface area contributed by atoms with Gasteiger partial charge in [0.25, 0.3) is 11.8 Å². The van der Waals surface area contributed by atoms with Crippen LogP contribution in [0, 0.1) is 0 Å². The maximum absolute atomic E-state index is 13.5. The molecule has 0 radical (unpaired) electrons. The van der Waals surface area contributed by atoms with Crippen LogP contribution >= 0.6 is 34.8 Å². The summed E-state index contributed by atoms with van der Waals surface area (Å²) in [5.74, 6) is -1.70. The van der Waals surface area contributed by atoms with E-state index in [1.54, 1.807) is 69.3 Å². The molecule has 3 rings (SSSR count). The van der Waals surface area contributed by atoms with Crippen molar-refractivity contribution in [3.63, 3.8) is 0 Å². The predicted molar refractivity (Wildman–Crippen MR) is 158 cm³/mol. The first-order valence-electron chi connectivity index (χ1n) is 12.8. The van der Waals surface area contributed by atoms with Gasteiger partial charge in [0.15, 0.2) is 12.1 Å². The van der Waals surface area contributed by atoms with Gasteiger partial charge in [-0.05, 0) is 61.7 Å². The summed E-state index contributed by atoms with van der Waals surface area (Å²) in [6.45, 7) is 8.86. The largest absolute Gasteiger partial charge is 0.497 e. The third-order valence-corrected chi connectivity index (χ3v) is 7.19. The first-order valence-corrected chi connectivity index (χ1v) is 14.1. The van der Waals surface area contributed by atoms with Gasteiger partial charge in [-0.15, -0.1) is 11.6 Å². The Balaban J connectivity index is 1.77. The fraction of sp³-hybridized carbons (Fsp3) is 0.379. The normalized spacial score (nSPS) is 17.9. The highest BCUT2D eigenvalue weighted by Gasteiger charge is 2.54. The molecule has 10 nitrogen and oxygen atoms in total. The highest BCUT2D eigenvalue weighted by Crippen LogP contribution is 2.32. The van der Waals surface area contributed by atoms with Crippen molar-refractivity contribution in [2.45, 2.75) is 56.6 Å². The molecule has 2 aromatic carbocycles. The van der Waals surface area contributed by atoms with Crippen LogP contribution in [0.1, 0.15) is 37.9 Å². The maximum Gasteiger partial charge on any atom is 0.333 e. The number of benzene rings is 2. The van der Waals surface area contributed by atoms with E-state index in [0.717, 1.165) is 9.96 Å². The lowest BCUT2D eigenvalue weighted by Crippen LogP contribution is -2.73. The van der Waals surface area contributed by atoms with Gasteiger partial charge in [-0.25, -0.2) is 9.86 Å². The lowest BCUT2D eigenvalue weighted by molar-refractivity contribution is -0.232. The molecule has 0 saturated carbocycles. The van der Waals surface area contributed by atoms with E-state index in [-0.39, 0.29) is 18.1 Å². The van der Waals surface area contributed by atoms with Crippen molar-refractivity contribution in [2.75, 3.05) is 13.0 Å². The summed E-state index contributed by atoms with van der Waals surface area (Å²) >= 11 is 18.5. The standard InChI is InChI=1S/C29H32Cl3N3O7/c1-17(14-30)23(28(39)41-15-18-6-12-21(40-5)13-7-18)35-25(32)22(27(35)38)33-26(37)24(19-8-10-20(31)11-9-19)34(16-36)42-29(2,3)4/h6-13,16,22-25H,1,14-15H2,2-5H3,(H,33,37). The Labute approximate surface area is 259 Å². The molecule has 226 valence electrons. The highest BCUT2D eigenvalue weighted by atomic mass is 35.5. The number of nitrogens with zero attached hydrogens (tertiary/aromatic N) is 2. The third kappa shape index (κ3) is 7.95. The molecule has 3 amide bonds. The van der Waals surface area contributed by atoms with Crippen molar-refractivity contribution < 1.29 is 33.5 Å². The second-order valence-corrected chi connectivity index (χ2v) is 11.5. The summed E-state index contributed by atoms with van der Waals surface area (Å²) in [4.78, 5) is 58.7. The number of hydrogen-bond acceptors (Lipinski definition) is 7. The second-order valence-electron chi connectivity index (χ2n) is 10.4. The van der Waals surface area contributed by atoms with E-state index in [1.165, 1.54) is 7.11 Å². The minimum absolute atomic E-state index is 0.0812. The van der Waals surface area contributed by atoms with Crippen LogP contribution in [0.2, 0.25) is 5.02 Å². The van der Waals surface area contributed by atoms with Crippen molar-refractivity contribution in [1.29, 1.82) is 0 Å². The molecule has 1 saturated heterocycles. The van der Waals surface area contributed by atoms with E-state index in [9.17, 15) is 19.2 Å². The Morgan fingerprint density at radius 3 is 2.26 bits per heavy atom. The number of esters is 1. The summed E-state index contributed by atoms with van der Waals surface area (Å²) in [5, 5.41) is 3.85. The maximum atomic E-state index is 13.5. The Kier molecular flexibility index (Phi) is 11.3. The summed E-state index contributed by atoms with van der Waals surface area (Å²) in [7, 11) is 1.54. The second kappa shape index (κ2) is 14.2. The van der Waals surface area contributed by atoms with Crippen LogP contribution < -0.4 is 10.1 Å². The van der Waals surface area contributed by atoms with Gasteiger partial charge < -0.3 is 19.7 Å². The van der Waals surface area contributed by atoms with E-state index in [4.69, 9.17) is 49.1 Å². The number of nitrogens with one attached hydrogen (secondary N) is 1. The van der Waals surface area contributed by atoms with Gasteiger partial charge in [0, 0.05) is 10.9 Å². The van der Waals surface area contributed by atoms with Crippen LogP contribution in [0.3, 0.4) is 0 Å². The number of alkyl halides is 2. The molecule has 0 aromatic heterocycles. The number of hydrogen-bond donors (Lipinski definition) is 1. The lowest BCUT2D eigenvalue weighted by Gasteiger charge is -2.47. The van der Waals surface area contributed by atoms with Crippen molar-refractivity contribution in [3.05, 3.63) is 76.8 Å². The lowest BCUT2D eigenvalue weighted by atomic mass is 9.98. The number of hydroxylamine groups is 2. The molecule has 1 N–H and O–H groups in total. The summed E-state index contributed by atoms with van der Waals surface area (Å²) in [6.07, 6.45) is 0.372. The van der Waals surface area contributed by atoms with Gasteiger partial charge in [-0.2, -0.15) is 0 Å². The number of amides is 3.